The van der Waals surface area contributed by atoms with Crippen molar-refractivity contribution in [1.82, 2.24) is 19.1 Å². The molecule has 33 heavy (non-hydrogen) atoms. The molecule has 5 heteroatoms. The van der Waals surface area contributed by atoms with E-state index in [4.69, 9.17) is 11.6 Å². The number of hydrogen-bond acceptors (Lipinski definition) is 2. The van der Waals surface area contributed by atoms with E-state index in [1.807, 2.05) is 6.07 Å². The van der Waals surface area contributed by atoms with E-state index >= 15 is 0 Å². The van der Waals surface area contributed by atoms with Crippen LogP contribution in [0.15, 0.2) is 67.1 Å². The van der Waals surface area contributed by atoms with Crippen LogP contribution in [-0.2, 0) is 14.1 Å². The van der Waals surface area contributed by atoms with E-state index in [9.17, 15) is 0 Å². The van der Waals surface area contributed by atoms with Crippen molar-refractivity contribution in [1.29, 1.82) is 0 Å². The molecule has 2 saturated carbocycles. The van der Waals surface area contributed by atoms with Crippen LogP contribution in [0.25, 0.3) is 33.1 Å². The SMILES string of the molecule is Cn1cc(-c2ccnc(Cl)n2)c2ccc(C3CC3)cc21.Cn1ccc2ccc(C3CC3)cc21. The lowest BCUT2D eigenvalue weighted by atomic mass is 10.1. The summed E-state index contributed by atoms with van der Waals surface area (Å²) in [6, 6.07) is 17.7. The lowest BCUT2D eigenvalue weighted by Gasteiger charge is -2.02. The summed E-state index contributed by atoms with van der Waals surface area (Å²) in [5.41, 5.74) is 7.56. The summed E-state index contributed by atoms with van der Waals surface area (Å²) >= 11 is 5.90. The highest BCUT2D eigenvalue weighted by Crippen LogP contribution is 2.42. The van der Waals surface area contributed by atoms with E-state index in [0.29, 0.717) is 0 Å². The van der Waals surface area contributed by atoms with Gasteiger partial charge in [0.15, 0.2) is 0 Å². The molecule has 2 aliphatic rings. The number of aryl methyl sites for hydroxylation is 2. The van der Waals surface area contributed by atoms with Crippen molar-refractivity contribution in [3.05, 3.63) is 83.5 Å². The second kappa shape index (κ2) is 8.03. The number of fused-ring (bicyclic) bond motifs is 2. The molecule has 0 bridgehead atoms. The molecule has 2 fully saturated rings. The monoisotopic (exact) mass is 454 g/mol. The molecule has 4 nitrogen and oxygen atoms in total. The standard InChI is InChI=1S/C16H14ClN3.C12H13N/c1-20-9-13(14-6-7-18-16(17)19-14)12-5-4-11(8-15(12)20)10-2-3-10;1-13-7-6-10-4-5-11(8-12(10)13)9-2-3-9/h4-10H,2-3H2,1H3;4-9H,2-3H2,1H3. The molecule has 0 atom stereocenters. The highest BCUT2D eigenvalue weighted by Gasteiger charge is 2.24. The molecule has 0 aliphatic heterocycles. The fourth-order valence-corrected chi connectivity index (χ4v) is 4.86. The molecule has 166 valence electrons. The quantitative estimate of drug-likeness (QED) is 0.270. The third-order valence-electron chi connectivity index (χ3n) is 6.93. The molecule has 0 unspecified atom stereocenters. The van der Waals surface area contributed by atoms with Crippen LogP contribution in [-0.4, -0.2) is 19.1 Å². The molecule has 0 saturated heterocycles. The summed E-state index contributed by atoms with van der Waals surface area (Å²) in [4.78, 5) is 8.26. The number of aromatic nitrogens is 4. The van der Waals surface area contributed by atoms with Crippen molar-refractivity contribution in [2.45, 2.75) is 37.5 Å². The normalized spacial score (nSPS) is 15.6. The smallest absolute Gasteiger partial charge is 0.222 e. The van der Waals surface area contributed by atoms with E-state index in [0.717, 1.165) is 23.1 Å². The van der Waals surface area contributed by atoms with Crippen LogP contribution in [0.1, 0.15) is 48.6 Å². The predicted molar refractivity (Wildman–Crippen MR) is 136 cm³/mol. The zero-order valence-electron chi connectivity index (χ0n) is 19.0. The molecular weight excluding hydrogens is 428 g/mol. The van der Waals surface area contributed by atoms with Crippen molar-refractivity contribution in [3.63, 3.8) is 0 Å². The fourth-order valence-electron chi connectivity index (χ4n) is 4.71. The minimum atomic E-state index is 0.286. The average molecular weight is 455 g/mol. The fraction of sp³-hybridized carbons (Fsp3) is 0.286. The number of hydrogen-bond donors (Lipinski definition) is 0. The Morgan fingerprint density at radius 3 is 2.21 bits per heavy atom. The first-order valence-electron chi connectivity index (χ1n) is 11.7. The van der Waals surface area contributed by atoms with Crippen molar-refractivity contribution < 1.29 is 0 Å². The van der Waals surface area contributed by atoms with E-state index in [1.165, 1.54) is 58.6 Å². The van der Waals surface area contributed by atoms with Crippen molar-refractivity contribution in [2.24, 2.45) is 14.1 Å². The van der Waals surface area contributed by atoms with Gasteiger partial charge in [0, 0.05) is 54.7 Å². The summed E-state index contributed by atoms with van der Waals surface area (Å²) < 4.78 is 4.35. The number of benzene rings is 2. The van der Waals surface area contributed by atoms with Gasteiger partial charge in [0.25, 0.3) is 0 Å². The summed E-state index contributed by atoms with van der Waals surface area (Å²) in [5.74, 6) is 1.63. The van der Waals surface area contributed by atoms with Gasteiger partial charge < -0.3 is 9.13 Å². The maximum atomic E-state index is 5.90. The second-order valence-corrected chi connectivity index (χ2v) is 9.77. The highest BCUT2D eigenvalue weighted by atomic mass is 35.5. The molecular formula is C28H27ClN4. The van der Waals surface area contributed by atoms with Gasteiger partial charge in [-0.25, -0.2) is 9.97 Å². The highest BCUT2D eigenvalue weighted by molar-refractivity contribution is 6.28. The molecule has 2 aromatic carbocycles. The Morgan fingerprint density at radius 1 is 0.818 bits per heavy atom. The zero-order chi connectivity index (χ0) is 22.5. The molecule has 0 N–H and O–H groups in total. The third-order valence-corrected chi connectivity index (χ3v) is 7.11. The molecule has 0 spiro atoms. The Morgan fingerprint density at radius 2 is 1.52 bits per heavy atom. The zero-order valence-corrected chi connectivity index (χ0v) is 19.8. The largest absolute Gasteiger partial charge is 0.351 e. The molecule has 3 aromatic heterocycles. The average Bonchev–Trinajstić information content (AvgIpc) is 3.76. The van der Waals surface area contributed by atoms with E-state index in [1.54, 1.807) is 6.20 Å². The third kappa shape index (κ3) is 4.04. The lowest BCUT2D eigenvalue weighted by Crippen LogP contribution is -1.85. The lowest BCUT2D eigenvalue weighted by molar-refractivity contribution is 0.966. The van der Waals surface area contributed by atoms with Crippen molar-refractivity contribution in [2.75, 3.05) is 0 Å². The Balaban J connectivity index is 0.000000137. The van der Waals surface area contributed by atoms with Crippen LogP contribution in [0.5, 0.6) is 0 Å². The van der Waals surface area contributed by atoms with Crippen LogP contribution in [0.2, 0.25) is 5.28 Å². The second-order valence-electron chi connectivity index (χ2n) is 9.43. The van der Waals surface area contributed by atoms with Gasteiger partial charge in [-0.2, -0.15) is 0 Å². The topological polar surface area (TPSA) is 35.6 Å². The minimum absolute atomic E-state index is 0.286. The minimum Gasteiger partial charge on any atom is -0.351 e. The van der Waals surface area contributed by atoms with Crippen LogP contribution in [0.3, 0.4) is 0 Å². The molecule has 0 radical (unpaired) electrons. The first-order valence-corrected chi connectivity index (χ1v) is 12.1. The van der Waals surface area contributed by atoms with Gasteiger partial charge >= 0.3 is 0 Å². The first kappa shape index (κ1) is 20.5. The number of nitrogens with zero attached hydrogens (tertiary/aromatic N) is 4. The summed E-state index contributed by atoms with van der Waals surface area (Å²) in [7, 11) is 4.18. The first-order chi connectivity index (χ1) is 16.1. The van der Waals surface area contributed by atoms with Crippen LogP contribution in [0, 0.1) is 0 Å². The van der Waals surface area contributed by atoms with Crippen LogP contribution >= 0.6 is 11.6 Å². The Bertz CT molecular complexity index is 1470. The van der Waals surface area contributed by atoms with Gasteiger partial charge in [-0.1, -0.05) is 24.3 Å². The predicted octanol–water partition coefficient (Wildman–Crippen LogP) is 7.22. The van der Waals surface area contributed by atoms with Crippen molar-refractivity contribution in [3.8, 4) is 11.3 Å². The Hall–Kier alpha value is -3.11. The number of halogens is 1. The van der Waals surface area contributed by atoms with Crippen LogP contribution < -0.4 is 0 Å². The van der Waals surface area contributed by atoms with Gasteiger partial charge in [-0.15, -0.1) is 0 Å². The van der Waals surface area contributed by atoms with Crippen molar-refractivity contribution >= 4 is 33.4 Å². The number of rotatable bonds is 3. The van der Waals surface area contributed by atoms with Gasteiger partial charge in [0.1, 0.15) is 0 Å². The molecule has 5 aromatic rings. The van der Waals surface area contributed by atoms with Gasteiger partial charge in [0.05, 0.1) is 5.69 Å². The molecule has 0 amide bonds. The van der Waals surface area contributed by atoms with Crippen LogP contribution in [0.4, 0.5) is 0 Å². The van der Waals surface area contributed by atoms with Gasteiger partial charge in [-0.3, -0.25) is 0 Å². The Kier molecular flexibility index (Phi) is 4.99. The van der Waals surface area contributed by atoms with Gasteiger partial charge in [-0.05, 0) is 89.9 Å². The maximum Gasteiger partial charge on any atom is 0.222 e. The maximum absolute atomic E-state index is 5.90. The molecule has 3 heterocycles. The Labute approximate surface area is 198 Å². The molecule has 7 rings (SSSR count). The summed E-state index contributed by atoms with van der Waals surface area (Å²) in [5, 5.41) is 2.85. The summed E-state index contributed by atoms with van der Waals surface area (Å²) in [6.07, 6.45) is 11.4. The van der Waals surface area contributed by atoms with E-state index in [2.05, 4.69) is 88.1 Å². The summed E-state index contributed by atoms with van der Waals surface area (Å²) in [6.45, 7) is 0. The molecule has 2 aliphatic carbocycles. The van der Waals surface area contributed by atoms with E-state index in [-0.39, 0.29) is 5.28 Å². The van der Waals surface area contributed by atoms with Gasteiger partial charge in [0.2, 0.25) is 5.28 Å². The van der Waals surface area contributed by atoms with E-state index < -0.39 is 0 Å².